The van der Waals surface area contributed by atoms with Crippen molar-refractivity contribution in [3.8, 4) is 6.07 Å². The van der Waals surface area contributed by atoms with Crippen LogP contribution in [-0.2, 0) is 12.8 Å². The van der Waals surface area contributed by atoms with E-state index in [-0.39, 0.29) is 0 Å². The van der Waals surface area contributed by atoms with Gasteiger partial charge < -0.3 is 0 Å². The van der Waals surface area contributed by atoms with Crippen LogP contribution < -0.4 is 0 Å². The van der Waals surface area contributed by atoms with Gasteiger partial charge in [0, 0.05) is 11.9 Å². The van der Waals surface area contributed by atoms with Gasteiger partial charge in [0.25, 0.3) is 0 Å². The van der Waals surface area contributed by atoms with Crippen LogP contribution in [-0.4, -0.2) is 14.6 Å². The zero-order valence-electron chi connectivity index (χ0n) is 8.27. The molecule has 0 radical (unpaired) electrons. The van der Waals surface area contributed by atoms with Gasteiger partial charge in [-0.3, -0.25) is 0 Å². The van der Waals surface area contributed by atoms with Gasteiger partial charge in [0.05, 0.1) is 6.20 Å². The maximum Gasteiger partial charge on any atom is 0.173 e. The molecule has 4 heteroatoms. The Balaban J connectivity index is 2.29. The largest absolute Gasteiger partial charge is 0.232 e. The van der Waals surface area contributed by atoms with Crippen molar-refractivity contribution in [2.45, 2.75) is 25.7 Å². The van der Waals surface area contributed by atoms with E-state index in [0.717, 1.165) is 18.5 Å². The summed E-state index contributed by atoms with van der Waals surface area (Å²) in [6.07, 6.45) is 8.13. The summed E-state index contributed by atoms with van der Waals surface area (Å²) in [5.74, 6) is 0. The minimum absolute atomic E-state index is 0.559. The summed E-state index contributed by atoms with van der Waals surface area (Å²) < 4.78 is 1.71. The van der Waals surface area contributed by atoms with Crippen LogP contribution in [0.15, 0.2) is 12.4 Å². The summed E-state index contributed by atoms with van der Waals surface area (Å²) >= 11 is 0. The van der Waals surface area contributed by atoms with Crippen molar-refractivity contribution < 1.29 is 0 Å². The topological polar surface area (TPSA) is 54.0 Å². The number of fused-ring (bicyclic) bond motifs is 2. The molecule has 15 heavy (non-hydrogen) atoms. The lowest BCUT2D eigenvalue weighted by Gasteiger charge is -2.14. The SMILES string of the molecule is N#Cc1cnn2cc3c(nc12)CCCC3. The molecular weight excluding hydrogens is 188 g/mol. The molecule has 0 atom stereocenters. The molecule has 0 bridgehead atoms. The van der Waals surface area contributed by atoms with Crippen molar-refractivity contribution in [1.29, 1.82) is 5.26 Å². The van der Waals surface area contributed by atoms with Gasteiger partial charge in [-0.25, -0.2) is 9.50 Å². The van der Waals surface area contributed by atoms with Crippen LogP contribution in [0.25, 0.3) is 5.65 Å². The van der Waals surface area contributed by atoms with E-state index < -0.39 is 0 Å². The molecule has 74 valence electrons. The minimum Gasteiger partial charge on any atom is -0.232 e. The van der Waals surface area contributed by atoms with Crippen LogP contribution in [0, 0.1) is 11.3 Å². The molecule has 0 aromatic carbocycles. The van der Waals surface area contributed by atoms with Gasteiger partial charge in [0.1, 0.15) is 11.6 Å². The summed E-state index contributed by atoms with van der Waals surface area (Å²) in [7, 11) is 0. The van der Waals surface area contributed by atoms with Crippen LogP contribution >= 0.6 is 0 Å². The van der Waals surface area contributed by atoms with Crippen molar-refractivity contribution in [3.05, 3.63) is 29.2 Å². The van der Waals surface area contributed by atoms with E-state index in [1.807, 2.05) is 6.20 Å². The maximum absolute atomic E-state index is 8.89. The molecule has 2 aromatic rings. The number of hydrogen-bond acceptors (Lipinski definition) is 3. The Bertz CT molecular complexity index is 562. The smallest absolute Gasteiger partial charge is 0.173 e. The summed E-state index contributed by atoms with van der Waals surface area (Å²) in [5, 5.41) is 13.0. The lowest BCUT2D eigenvalue weighted by atomic mass is 9.97. The van der Waals surface area contributed by atoms with Crippen molar-refractivity contribution in [3.63, 3.8) is 0 Å². The number of nitrogens with zero attached hydrogens (tertiary/aromatic N) is 4. The quantitative estimate of drug-likeness (QED) is 0.644. The molecule has 0 aliphatic heterocycles. The Morgan fingerprint density at radius 3 is 3.07 bits per heavy atom. The van der Waals surface area contributed by atoms with Crippen molar-refractivity contribution in [1.82, 2.24) is 14.6 Å². The predicted molar refractivity (Wildman–Crippen MR) is 54.3 cm³/mol. The maximum atomic E-state index is 8.89. The average molecular weight is 198 g/mol. The van der Waals surface area contributed by atoms with E-state index in [0.29, 0.717) is 11.2 Å². The Kier molecular flexibility index (Phi) is 1.72. The summed E-state index contributed by atoms with van der Waals surface area (Å²) in [5.41, 5.74) is 3.67. The summed E-state index contributed by atoms with van der Waals surface area (Å²) in [4.78, 5) is 4.52. The van der Waals surface area contributed by atoms with E-state index >= 15 is 0 Å². The second-order valence-corrected chi connectivity index (χ2v) is 3.86. The first kappa shape index (κ1) is 8.42. The van der Waals surface area contributed by atoms with Gasteiger partial charge >= 0.3 is 0 Å². The van der Waals surface area contributed by atoms with Gasteiger partial charge in [0.15, 0.2) is 5.65 Å². The molecule has 1 aliphatic carbocycles. The second kappa shape index (κ2) is 3.06. The lowest BCUT2D eigenvalue weighted by Crippen LogP contribution is -2.08. The number of aryl methyl sites for hydroxylation is 2. The number of hydrogen-bond donors (Lipinski definition) is 0. The number of nitriles is 1. The molecular formula is C11H10N4. The first-order chi connectivity index (χ1) is 7.38. The third-order valence-corrected chi connectivity index (χ3v) is 2.89. The standard InChI is InChI=1S/C11H10N4/c12-5-9-6-13-15-7-8-3-1-2-4-10(8)14-11(9)15/h6-7H,1-4H2. The fourth-order valence-corrected chi connectivity index (χ4v) is 2.10. The predicted octanol–water partition coefficient (Wildman–Crippen LogP) is 1.48. The molecule has 4 nitrogen and oxygen atoms in total. The van der Waals surface area contributed by atoms with Crippen molar-refractivity contribution >= 4 is 5.65 Å². The van der Waals surface area contributed by atoms with E-state index in [1.165, 1.54) is 18.4 Å². The Morgan fingerprint density at radius 2 is 2.20 bits per heavy atom. The van der Waals surface area contributed by atoms with Gasteiger partial charge in [-0.2, -0.15) is 10.4 Å². The van der Waals surface area contributed by atoms with Crippen LogP contribution in [0.5, 0.6) is 0 Å². The first-order valence-corrected chi connectivity index (χ1v) is 5.15. The fourth-order valence-electron chi connectivity index (χ4n) is 2.10. The minimum atomic E-state index is 0.559. The first-order valence-electron chi connectivity index (χ1n) is 5.15. The Labute approximate surface area is 87.2 Å². The summed E-state index contributed by atoms with van der Waals surface area (Å²) in [6.45, 7) is 0. The zero-order valence-corrected chi connectivity index (χ0v) is 8.27. The normalized spacial score (nSPS) is 14.9. The van der Waals surface area contributed by atoms with Crippen LogP contribution in [0.3, 0.4) is 0 Å². The van der Waals surface area contributed by atoms with Gasteiger partial charge in [-0.1, -0.05) is 0 Å². The number of aromatic nitrogens is 3. The highest BCUT2D eigenvalue weighted by Gasteiger charge is 2.14. The highest BCUT2D eigenvalue weighted by molar-refractivity contribution is 5.54. The summed E-state index contributed by atoms with van der Waals surface area (Å²) in [6, 6.07) is 2.11. The Hall–Kier alpha value is -1.89. The molecule has 1 aliphatic rings. The molecule has 0 spiro atoms. The van der Waals surface area contributed by atoms with E-state index in [9.17, 15) is 0 Å². The van der Waals surface area contributed by atoms with Crippen molar-refractivity contribution in [2.75, 3.05) is 0 Å². The van der Waals surface area contributed by atoms with Crippen LogP contribution in [0.1, 0.15) is 29.7 Å². The molecule has 0 amide bonds. The second-order valence-electron chi connectivity index (χ2n) is 3.86. The molecule has 0 fully saturated rings. The molecule has 0 N–H and O–H groups in total. The fraction of sp³-hybridized carbons (Fsp3) is 0.364. The molecule has 3 rings (SSSR count). The third kappa shape index (κ3) is 1.20. The number of rotatable bonds is 0. The van der Waals surface area contributed by atoms with Gasteiger partial charge in [-0.05, 0) is 31.2 Å². The third-order valence-electron chi connectivity index (χ3n) is 2.89. The molecule has 0 unspecified atom stereocenters. The van der Waals surface area contributed by atoms with Gasteiger partial charge in [0.2, 0.25) is 0 Å². The van der Waals surface area contributed by atoms with E-state index in [1.54, 1.807) is 10.7 Å². The Morgan fingerprint density at radius 1 is 1.33 bits per heavy atom. The lowest BCUT2D eigenvalue weighted by molar-refractivity contribution is 0.659. The highest BCUT2D eigenvalue weighted by atomic mass is 15.2. The molecule has 2 aromatic heterocycles. The van der Waals surface area contributed by atoms with Crippen molar-refractivity contribution in [2.24, 2.45) is 0 Å². The average Bonchev–Trinajstić information content (AvgIpc) is 2.68. The van der Waals surface area contributed by atoms with Gasteiger partial charge in [-0.15, -0.1) is 0 Å². The molecule has 2 heterocycles. The van der Waals surface area contributed by atoms with Crippen LogP contribution in [0.2, 0.25) is 0 Å². The molecule has 0 saturated heterocycles. The molecule has 0 saturated carbocycles. The van der Waals surface area contributed by atoms with Crippen LogP contribution in [0.4, 0.5) is 0 Å². The van der Waals surface area contributed by atoms with E-state index in [2.05, 4.69) is 16.2 Å². The monoisotopic (exact) mass is 198 g/mol. The van der Waals surface area contributed by atoms with E-state index in [4.69, 9.17) is 5.26 Å². The highest BCUT2D eigenvalue weighted by Crippen LogP contribution is 2.20. The zero-order chi connectivity index (χ0) is 10.3.